The van der Waals surface area contributed by atoms with E-state index in [0.29, 0.717) is 17.7 Å². The molecule has 0 unspecified atom stereocenters. The zero-order valence-electron chi connectivity index (χ0n) is 19.4. The number of ether oxygens (including phenoxy) is 2. The summed E-state index contributed by atoms with van der Waals surface area (Å²) in [5, 5.41) is 9.29. The van der Waals surface area contributed by atoms with Crippen LogP contribution in [0.5, 0.6) is 11.5 Å². The third-order valence-corrected chi connectivity index (χ3v) is 6.50. The second kappa shape index (κ2) is 11.0. The molecule has 1 fully saturated rings. The van der Waals surface area contributed by atoms with Crippen molar-refractivity contribution in [3.8, 4) is 22.6 Å². The zero-order chi connectivity index (χ0) is 24.9. The first kappa shape index (κ1) is 24.8. The number of carbonyl (C=O) groups is 1. The van der Waals surface area contributed by atoms with Gasteiger partial charge in [-0.05, 0) is 79.8 Å². The standard InChI is InChI=1S/C28H27F3O4/c1-2-34-25-14-11-21(15-24(25)29)35-28(33)20-9-7-19(8-10-20)23-13-12-22(26(30)27(23)31)18-5-3-17(16-32)4-6-18/h7-15,17-18,32H,2-6,16H2,1H3. The van der Waals surface area contributed by atoms with Gasteiger partial charge in [-0.15, -0.1) is 0 Å². The van der Waals surface area contributed by atoms with Gasteiger partial charge in [-0.3, -0.25) is 0 Å². The number of esters is 1. The van der Waals surface area contributed by atoms with Crippen LogP contribution >= 0.6 is 0 Å². The van der Waals surface area contributed by atoms with Crippen molar-refractivity contribution in [3.63, 3.8) is 0 Å². The van der Waals surface area contributed by atoms with Crippen molar-refractivity contribution in [2.75, 3.05) is 13.2 Å². The lowest BCUT2D eigenvalue weighted by molar-refractivity contribution is 0.0734. The molecule has 1 aliphatic carbocycles. The highest BCUT2D eigenvalue weighted by atomic mass is 19.2. The fourth-order valence-corrected chi connectivity index (χ4v) is 4.53. The smallest absolute Gasteiger partial charge is 0.343 e. The highest BCUT2D eigenvalue weighted by molar-refractivity contribution is 5.91. The van der Waals surface area contributed by atoms with Crippen molar-refractivity contribution in [2.24, 2.45) is 5.92 Å². The Morgan fingerprint density at radius 1 is 0.943 bits per heavy atom. The normalized spacial score (nSPS) is 17.7. The molecule has 7 heteroatoms. The van der Waals surface area contributed by atoms with Crippen LogP contribution in [0.4, 0.5) is 13.2 Å². The van der Waals surface area contributed by atoms with E-state index < -0.39 is 23.4 Å². The minimum Gasteiger partial charge on any atom is -0.491 e. The highest BCUT2D eigenvalue weighted by Gasteiger charge is 2.26. The molecule has 0 bridgehead atoms. The van der Waals surface area contributed by atoms with Gasteiger partial charge in [-0.2, -0.15) is 0 Å². The molecular formula is C28H27F3O4. The van der Waals surface area contributed by atoms with E-state index in [0.717, 1.165) is 31.7 Å². The van der Waals surface area contributed by atoms with Gasteiger partial charge < -0.3 is 14.6 Å². The summed E-state index contributed by atoms with van der Waals surface area (Å²) in [7, 11) is 0. The van der Waals surface area contributed by atoms with Crippen molar-refractivity contribution in [3.05, 3.63) is 83.2 Å². The van der Waals surface area contributed by atoms with Gasteiger partial charge in [0.2, 0.25) is 0 Å². The molecule has 35 heavy (non-hydrogen) atoms. The fourth-order valence-electron chi connectivity index (χ4n) is 4.53. The van der Waals surface area contributed by atoms with Crippen LogP contribution in [-0.2, 0) is 0 Å². The van der Waals surface area contributed by atoms with Crippen molar-refractivity contribution in [2.45, 2.75) is 38.5 Å². The van der Waals surface area contributed by atoms with Crippen molar-refractivity contribution in [1.29, 1.82) is 0 Å². The minimum atomic E-state index is -0.924. The summed E-state index contributed by atoms with van der Waals surface area (Å²) in [5.41, 5.74) is 1.07. The molecule has 1 N–H and O–H groups in total. The number of benzene rings is 3. The average Bonchev–Trinajstić information content (AvgIpc) is 2.87. The Morgan fingerprint density at radius 2 is 1.66 bits per heavy atom. The van der Waals surface area contributed by atoms with E-state index >= 15 is 0 Å². The molecule has 3 aromatic rings. The van der Waals surface area contributed by atoms with E-state index in [1.807, 2.05) is 0 Å². The molecule has 0 amide bonds. The lowest BCUT2D eigenvalue weighted by Crippen LogP contribution is -2.17. The Bertz CT molecular complexity index is 1190. The molecule has 4 rings (SSSR count). The maximum Gasteiger partial charge on any atom is 0.343 e. The van der Waals surface area contributed by atoms with E-state index in [2.05, 4.69) is 0 Å². The topological polar surface area (TPSA) is 55.8 Å². The van der Waals surface area contributed by atoms with Gasteiger partial charge >= 0.3 is 5.97 Å². The average molecular weight is 485 g/mol. The molecule has 184 valence electrons. The van der Waals surface area contributed by atoms with Gasteiger partial charge in [0.1, 0.15) is 5.75 Å². The van der Waals surface area contributed by atoms with Crippen molar-refractivity contribution >= 4 is 5.97 Å². The molecule has 0 aliphatic heterocycles. The summed E-state index contributed by atoms with van der Waals surface area (Å²) in [6, 6.07) is 13.0. The summed E-state index contributed by atoms with van der Waals surface area (Å²) in [6.07, 6.45) is 3.03. The lowest BCUT2D eigenvalue weighted by Gasteiger charge is -2.28. The number of hydrogen-bond donors (Lipinski definition) is 1. The second-order valence-corrected chi connectivity index (χ2v) is 8.72. The number of carbonyl (C=O) groups excluding carboxylic acids is 1. The molecule has 0 atom stereocenters. The number of halogens is 3. The highest BCUT2D eigenvalue weighted by Crippen LogP contribution is 2.38. The molecule has 3 aromatic carbocycles. The molecule has 0 spiro atoms. The summed E-state index contributed by atoms with van der Waals surface area (Å²) >= 11 is 0. The van der Waals surface area contributed by atoms with E-state index in [4.69, 9.17) is 9.47 Å². The SMILES string of the molecule is CCOc1ccc(OC(=O)c2ccc(-c3ccc(C4CCC(CO)CC4)c(F)c3F)cc2)cc1F. The van der Waals surface area contributed by atoms with Crippen LogP contribution < -0.4 is 9.47 Å². The lowest BCUT2D eigenvalue weighted by atomic mass is 9.78. The van der Waals surface area contributed by atoms with E-state index in [1.54, 1.807) is 19.1 Å². The fraction of sp³-hybridized carbons (Fsp3) is 0.321. The number of aliphatic hydroxyl groups excluding tert-OH is 1. The predicted molar refractivity (Wildman–Crippen MR) is 126 cm³/mol. The van der Waals surface area contributed by atoms with Gasteiger partial charge in [0, 0.05) is 18.2 Å². The first-order valence-corrected chi connectivity index (χ1v) is 11.7. The number of rotatable bonds is 7. The summed E-state index contributed by atoms with van der Waals surface area (Å²) in [4.78, 5) is 12.4. The molecule has 0 heterocycles. The van der Waals surface area contributed by atoms with Crippen LogP contribution in [0.2, 0.25) is 0 Å². The minimum absolute atomic E-state index is 0.0248. The Kier molecular flexibility index (Phi) is 7.76. The van der Waals surface area contributed by atoms with E-state index in [-0.39, 0.29) is 41.1 Å². The van der Waals surface area contributed by atoms with Gasteiger partial charge in [0.25, 0.3) is 0 Å². The van der Waals surface area contributed by atoms with Crippen LogP contribution in [-0.4, -0.2) is 24.3 Å². The van der Waals surface area contributed by atoms with Crippen LogP contribution in [0.25, 0.3) is 11.1 Å². The number of aliphatic hydroxyl groups is 1. The van der Waals surface area contributed by atoms with Crippen molar-refractivity contribution < 1.29 is 32.5 Å². The predicted octanol–water partition coefficient (Wildman–Crippen LogP) is 6.65. The van der Waals surface area contributed by atoms with Crippen LogP contribution in [0, 0.1) is 23.4 Å². The van der Waals surface area contributed by atoms with Gasteiger partial charge in [-0.25, -0.2) is 18.0 Å². The maximum atomic E-state index is 15.0. The summed E-state index contributed by atoms with van der Waals surface area (Å²) < 4.78 is 54.2. The third-order valence-electron chi connectivity index (χ3n) is 6.50. The maximum absolute atomic E-state index is 15.0. The molecule has 1 aliphatic rings. The first-order chi connectivity index (χ1) is 16.9. The summed E-state index contributed by atoms with van der Waals surface area (Å²) in [6.45, 7) is 2.17. The van der Waals surface area contributed by atoms with E-state index in [1.165, 1.54) is 36.4 Å². The molecule has 1 saturated carbocycles. The van der Waals surface area contributed by atoms with Gasteiger partial charge in [-0.1, -0.05) is 24.3 Å². The molecule has 0 saturated heterocycles. The zero-order valence-corrected chi connectivity index (χ0v) is 19.4. The second-order valence-electron chi connectivity index (χ2n) is 8.72. The molecule has 0 radical (unpaired) electrons. The Hall–Kier alpha value is -3.32. The Morgan fingerprint density at radius 3 is 2.29 bits per heavy atom. The Balaban J connectivity index is 1.47. The Labute approximate surface area is 202 Å². The monoisotopic (exact) mass is 484 g/mol. The molecule has 0 aromatic heterocycles. The van der Waals surface area contributed by atoms with Crippen LogP contribution in [0.3, 0.4) is 0 Å². The molecule has 4 nitrogen and oxygen atoms in total. The third kappa shape index (κ3) is 5.51. The first-order valence-electron chi connectivity index (χ1n) is 11.7. The van der Waals surface area contributed by atoms with Crippen molar-refractivity contribution in [1.82, 2.24) is 0 Å². The quantitative estimate of drug-likeness (QED) is 0.301. The summed E-state index contributed by atoms with van der Waals surface area (Å²) in [5.74, 6) is -2.87. The largest absolute Gasteiger partial charge is 0.491 e. The molecular weight excluding hydrogens is 457 g/mol. The van der Waals surface area contributed by atoms with Crippen LogP contribution in [0.15, 0.2) is 54.6 Å². The number of hydrogen-bond acceptors (Lipinski definition) is 4. The van der Waals surface area contributed by atoms with Gasteiger partial charge in [0.15, 0.2) is 23.2 Å². The van der Waals surface area contributed by atoms with E-state index in [9.17, 15) is 23.1 Å². The van der Waals surface area contributed by atoms with Crippen LogP contribution in [0.1, 0.15) is 54.4 Å². The van der Waals surface area contributed by atoms with Gasteiger partial charge in [0.05, 0.1) is 12.2 Å².